The number of hydrogen-bond donors (Lipinski definition) is 2. The smallest absolute Gasteiger partial charge is 0.170 e. The number of rotatable bonds is 3. The first kappa shape index (κ1) is 11.5. The van der Waals surface area contributed by atoms with Crippen molar-refractivity contribution in [1.82, 2.24) is 5.32 Å². The fourth-order valence-corrected chi connectivity index (χ4v) is 1.40. The van der Waals surface area contributed by atoms with Crippen LogP contribution in [0.15, 0.2) is 24.3 Å². The summed E-state index contributed by atoms with van der Waals surface area (Å²) < 4.78 is 0. The molecule has 0 saturated heterocycles. The minimum Gasteiger partial charge on any atom is -0.363 e. The highest BCUT2D eigenvalue weighted by Crippen LogP contribution is 2.09. The van der Waals surface area contributed by atoms with Crippen LogP contribution in [-0.2, 0) is 6.42 Å². The van der Waals surface area contributed by atoms with Gasteiger partial charge in [-0.25, -0.2) is 0 Å². The van der Waals surface area contributed by atoms with Crippen molar-refractivity contribution in [3.05, 3.63) is 29.8 Å². The molecule has 0 fully saturated rings. The van der Waals surface area contributed by atoms with Crippen LogP contribution >= 0.6 is 12.2 Å². The molecule has 0 aromatic heterocycles. The molecule has 3 nitrogen and oxygen atoms in total. The van der Waals surface area contributed by atoms with E-state index >= 15 is 0 Å². The Balaban J connectivity index is 2.57. The van der Waals surface area contributed by atoms with E-state index in [1.807, 2.05) is 31.2 Å². The lowest BCUT2D eigenvalue weighted by atomic mass is 10.1. The molecule has 0 atom stereocenters. The van der Waals surface area contributed by atoms with Gasteiger partial charge in [-0.3, -0.25) is 0 Å². The van der Waals surface area contributed by atoms with Crippen molar-refractivity contribution in [3.63, 3.8) is 0 Å². The minimum absolute atomic E-state index is 0.442. The molecular weight excluding hydrogens is 206 g/mol. The van der Waals surface area contributed by atoms with Gasteiger partial charge in [0.25, 0.3) is 0 Å². The average Bonchev–Trinajstić information content (AvgIpc) is 2.22. The fraction of sp³-hybridized carbons (Fsp3) is 0.273. The Morgan fingerprint density at radius 2 is 2.07 bits per heavy atom. The maximum absolute atomic E-state index is 8.51. The summed E-state index contributed by atoms with van der Waals surface area (Å²) in [6, 6.07) is 9.77. The molecule has 0 amide bonds. The van der Waals surface area contributed by atoms with Crippen LogP contribution in [0.5, 0.6) is 0 Å². The maximum Gasteiger partial charge on any atom is 0.170 e. The van der Waals surface area contributed by atoms with Gasteiger partial charge in [0.1, 0.15) is 0 Å². The Kier molecular flexibility index (Phi) is 4.58. The molecule has 1 rings (SSSR count). The lowest BCUT2D eigenvalue weighted by Crippen LogP contribution is -2.27. The second-order valence-corrected chi connectivity index (χ2v) is 3.42. The van der Waals surface area contributed by atoms with Gasteiger partial charge in [0.2, 0.25) is 0 Å². The molecule has 2 N–H and O–H groups in total. The molecule has 0 heterocycles. The Labute approximate surface area is 95.1 Å². The van der Waals surface area contributed by atoms with Crippen LogP contribution in [0.2, 0.25) is 0 Å². The number of anilines is 1. The Bertz CT molecular complexity index is 364. The average molecular weight is 219 g/mol. The van der Waals surface area contributed by atoms with E-state index in [-0.39, 0.29) is 0 Å². The Morgan fingerprint density at radius 3 is 2.60 bits per heavy atom. The molecule has 0 unspecified atom stereocenters. The predicted molar refractivity (Wildman–Crippen MR) is 65.7 cm³/mol. The standard InChI is InChI=1S/C11H13N3S/c1-2-13-11(15)14-10-5-3-9(4-6-10)7-8-12/h3-6H,2,7H2,1H3,(H2,13,14,15). The summed E-state index contributed by atoms with van der Waals surface area (Å²) in [5, 5.41) is 15.2. The molecule has 0 radical (unpaired) electrons. The molecule has 78 valence electrons. The van der Waals surface area contributed by atoms with E-state index in [1.165, 1.54) is 0 Å². The zero-order valence-electron chi connectivity index (χ0n) is 8.58. The van der Waals surface area contributed by atoms with Crippen LogP contribution in [-0.4, -0.2) is 11.7 Å². The quantitative estimate of drug-likeness (QED) is 0.764. The molecule has 0 spiro atoms. The number of benzene rings is 1. The first-order chi connectivity index (χ1) is 7.26. The monoisotopic (exact) mass is 219 g/mol. The van der Waals surface area contributed by atoms with Crippen LogP contribution in [0.25, 0.3) is 0 Å². The van der Waals surface area contributed by atoms with Gasteiger partial charge < -0.3 is 10.6 Å². The van der Waals surface area contributed by atoms with Crippen LogP contribution < -0.4 is 10.6 Å². The number of nitrogens with zero attached hydrogens (tertiary/aromatic N) is 1. The first-order valence-corrected chi connectivity index (χ1v) is 5.18. The normalized spacial score (nSPS) is 9.07. The lowest BCUT2D eigenvalue weighted by molar-refractivity contribution is 0.979. The van der Waals surface area contributed by atoms with Crippen LogP contribution in [0, 0.1) is 11.3 Å². The highest BCUT2D eigenvalue weighted by molar-refractivity contribution is 7.80. The highest BCUT2D eigenvalue weighted by atomic mass is 32.1. The lowest BCUT2D eigenvalue weighted by Gasteiger charge is -2.08. The van der Waals surface area contributed by atoms with Gasteiger partial charge in [-0.1, -0.05) is 12.1 Å². The number of thiocarbonyl (C=S) groups is 1. The molecular formula is C11H13N3S. The second-order valence-electron chi connectivity index (χ2n) is 3.02. The Morgan fingerprint density at radius 1 is 1.40 bits per heavy atom. The van der Waals surface area contributed by atoms with E-state index in [0.29, 0.717) is 11.5 Å². The van der Waals surface area contributed by atoms with Crippen LogP contribution in [0.3, 0.4) is 0 Å². The van der Waals surface area contributed by atoms with E-state index in [1.54, 1.807) is 0 Å². The maximum atomic E-state index is 8.51. The van der Waals surface area contributed by atoms with Crippen molar-refractivity contribution in [1.29, 1.82) is 5.26 Å². The minimum atomic E-state index is 0.442. The first-order valence-electron chi connectivity index (χ1n) is 4.77. The molecule has 0 aliphatic carbocycles. The van der Waals surface area contributed by atoms with Gasteiger partial charge in [0.05, 0.1) is 12.5 Å². The van der Waals surface area contributed by atoms with E-state index in [9.17, 15) is 0 Å². The van der Waals surface area contributed by atoms with Crippen LogP contribution in [0.4, 0.5) is 5.69 Å². The summed E-state index contributed by atoms with van der Waals surface area (Å²) >= 11 is 5.04. The van der Waals surface area contributed by atoms with Crippen molar-refractivity contribution in [2.75, 3.05) is 11.9 Å². The third-order valence-electron chi connectivity index (χ3n) is 1.83. The summed E-state index contributed by atoms with van der Waals surface area (Å²) in [6.45, 7) is 2.79. The summed E-state index contributed by atoms with van der Waals surface area (Å²) in [5.41, 5.74) is 1.94. The zero-order chi connectivity index (χ0) is 11.1. The largest absolute Gasteiger partial charge is 0.363 e. The molecule has 1 aromatic rings. The topological polar surface area (TPSA) is 47.8 Å². The van der Waals surface area contributed by atoms with E-state index in [4.69, 9.17) is 17.5 Å². The second kappa shape index (κ2) is 5.99. The number of nitriles is 1. The van der Waals surface area contributed by atoms with Crippen LogP contribution in [0.1, 0.15) is 12.5 Å². The van der Waals surface area contributed by atoms with E-state index < -0.39 is 0 Å². The SMILES string of the molecule is CCNC(=S)Nc1ccc(CC#N)cc1. The van der Waals surface area contributed by atoms with E-state index in [2.05, 4.69) is 16.7 Å². The van der Waals surface area contributed by atoms with Gasteiger partial charge in [0.15, 0.2) is 5.11 Å². The zero-order valence-corrected chi connectivity index (χ0v) is 9.40. The Hall–Kier alpha value is -1.60. The molecule has 0 bridgehead atoms. The fourth-order valence-electron chi connectivity index (χ4n) is 1.13. The molecule has 0 saturated carbocycles. The number of hydrogen-bond acceptors (Lipinski definition) is 2. The molecule has 4 heteroatoms. The third-order valence-corrected chi connectivity index (χ3v) is 2.08. The molecule has 1 aromatic carbocycles. The summed E-state index contributed by atoms with van der Waals surface area (Å²) in [4.78, 5) is 0. The summed E-state index contributed by atoms with van der Waals surface area (Å²) in [5.74, 6) is 0. The molecule has 0 aliphatic rings. The highest BCUT2D eigenvalue weighted by Gasteiger charge is 1.96. The summed E-state index contributed by atoms with van der Waals surface area (Å²) in [6.07, 6.45) is 0.442. The molecule has 15 heavy (non-hydrogen) atoms. The number of nitrogens with one attached hydrogen (secondary N) is 2. The van der Waals surface area contributed by atoms with E-state index in [0.717, 1.165) is 17.8 Å². The van der Waals surface area contributed by atoms with Gasteiger partial charge >= 0.3 is 0 Å². The van der Waals surface area contributed by atoms with Gasteiger partial charge in [0, 0.05) is 12.2 Å². The van der Waals surface area contributed by atoms with Crippen molar-refractivity contribution in [2.24, 2.45) is 0 Å². The van der Waals surface area contributed by atoms with Gasteiger partial charge in [-0.2, -0.15) is 5.26 Å². The van der Waals surface area contributed by atoms with Crippen molar-refractivity contribution < 1.29 is 0 Å². The summed E-state index contributed by atoms with van der Waals surface area (Å²) in [7, 11) is 0. The van der Waals surface area contributed by atoms with Gasteiger partial charge in [-0.15, -0.1) is 0 Å². The van der Waals surface area contributed by atoms with Crippen molar-refractivity contribution in [3.8, 4) is 6.07 Å². The predicted octanol–water partition coefficient (Wildman–Crippen LogP) is 2.06. The molecule has 0 aliphatic heterocycles. The third kappa shape index (κ3) is 3.96. The van der Waals surface area contributed by atoms with Gasteiger partial charge in [-0.05, 0) is 36.8 Å². The van der Waals surface area contributed by atoms with Crippen molar-refractivity contribution in [2.45, 2.75) is 13.3 Å². The van der Waals surface area contributed by atoms with Crippen molar-refractivity contribution >= 4 is 23.0 Å².